The van der Waals surface area contributed by atoms with Gasteiger partial charge in [0.05, 0.1) is 11.7 Å². The molecule has 0 saturated carbocycles. The van der Waals surface area contributed by atoms with Crippen LogP contribution in [0.15, 0.2) is 62.8 Å². The minimum Gasteiger partial charge on any atom is -0.484 e. The van der Waals surface area contributed by atoms with Gasteiger partial charge in [-0.1, -0.05) is 6.07 Å². The van der Waals surface area contributed by atoms with Crippen LogP contribution in [0, 0.1) is 0 Å². The zero-order chi connectivity index (χ0) is 22.4. The number of carbonyl (C=O) groups excluding carboxylic acids is 1. The van der Waals surface area contributed by atoms with Crippen molar-refractivity contribution in [1.29, 1.82) is 0 Å². The van der Waals surface area contributed by atoms with Crippen molar-refractivity contribution in [3.63, 3.8) is 0 Å². The molecule has 0 spiro atoms. The molecule has 1 atom stereocenters. The molecular weight excluding hydrogens is 454 g/mol. The summed E-state index contributed by atoms with van der Waals surface area (Å²) in [5.74, 6) is 0.270. The van der Waals surface area contributed by atoms with E-state index in [0.717, 1.165) is 5.56 Å². The molecule has 166 valence electrons. The SMILES string of the molecule is CN(C)C(CNC(=O)COc1ccc(N(C)S(=O)(=O)c2cccs2)cc1)c1ccsc1. The van der Waals surface area contributed by atoms with Crippen LogP contribution >= 0.6 is 22.7 Å². The smallest absolute Gasteiger partial charge is 0.273 e. The van der Waals surface area contributed by atoms with E-state index < -0.39 is 10.0 Å². The van der Waals surface area contributed by atoms with Gasteiger partial charge in [0.2, 0.25) is 0 Å². The summed E-state index contributed by atoms with van der Waals surface area (Å²) in [6.45, 7) is 0.364. The maximum absolute atomic E-state index is 12.6. The molecule has 10 heteroatoms. The molecule has 2 aromatic heterocycles. The quantitative estimate of drug-likeness (QED) is 0.482. The first-order valence-corrected chi connectivity index (χ1v) is 12.8. The molecule has 3 rings (SSSR count). The molecule has 0 fully saturated rings. The largest absolute Gasteiger partial charge is 0.484 e. The van der Waals surface area contributed by atoms with Gasteiger partial charge >= 0.3 is 0 Å². The fraction of sp³-hybridized carbons (Fsp3) is 0.286. The van der Waals surface area contributed by atoms with Crippen molar-refractivity contribution in [3.8, 4) is 5.75 Å². The van der Waals surface area contributed by atoms with Crippen molar-refractivity contribution < 1.29 is 17.9 Å². The second-order valence-electron chi connectivity index (χ2n) is 7.03. The summed E-state index contributed by atoms with van der Waals surface area (Å²) in [5.41, 5.74) is 1.67. The van der Waals surface area contributed by atoms with E-state index >= 15 is 0 Å². The van der Waals surface area contributed by atoms with E-state index in [1.54, 1.807) is 53.1 Å². The van der Waals surface area contributed by atoms with E-state index in [0.29, 0.717) is 18.0 Å². The molecule has 0 aliphatic rings. The maximum atomic E-state index is 12.6. The molecule has 0 aliphatic heterocycles. The van der Waals surface area contributed by atoms with Gasteiger partial charge in [0.25, 0.3) is 15.9 Å². The predicted octanol–water partition coefficient (Wildman–Crippen LogP) is 3.43. The molecule has 0 bridgehead atoms. The fourth-order valence-electron chi connectivity index (χ4n) is 2.91. The highest BCUT2D eigenvalue weighted by atomic mass is 32.2. The van der Waals surface area contributed by atoms with Gasteiger partial charge in [-0.2, -0.15) is 11.3 Å². The Kier molecular flexibility index (Phi) is 7.71. The summed E-state index contributed by atoms with van der Waals surface area (Å²) in [4.78, 5) is 14.3. The van der Waals surface area contributed by atoms with Crippen LogP contribution in [-0.2, 0) is 14.8 Å². The van der Waals surface area contributed by atoms with Gasteiger partial charge in [-0.3, -0.25) is 9.10 Å². The van der Waals surface area contributed by atoms with Crippen LogP contribution < -0.4 is 14.4 Å². The van der Waals surface area contributed by atoms with Gasteiger partial charge < -0.3 is 15.0 Å². The Hall–Kier alpha value is -2.40. The number of carbonyl (C=O) groups is 1. The van der Waals surface area contributed by atoms with E-state index in [2.05, 4.69) is 21.7 Å². The number of hydrogen-bond donors (Lipinski definition) is 1. The lowest BCUT2D eigenvalue weighted by molar-refractivity contribution is -0.123. The first-order valence-electron chi connectivity index (χ1n) is 9.49. The summed E-state index contributed by atoms with van der Waals surface area (Å²) in [6.07, 6.45) is 0. The van der Waals surface area contributed by atoms with Crippen LogP contribution in [0.5, 0.6) is 5.75 Å². The van der Waals surface area contributed by atoms with Gasteiger partial charge in [-0.05, 0) is 72.2 Å². The Balaban J connectivity index is 1.52. The normalized spacial score (nSPS) is 12.5. The highest BCUT2D eigenvalue weighted by Gasteiger charge is 2.22. The number of amides is 1. The molecule has 0 radical (unpaired) electrons. The summed E-state index contributed by atoms with van der Waals surface area (Å²) >= 11 is 2.80. The third-order valence-electron chi connectivity index (χ3n) is 4.72. The standard InChI is InChI=1S/C21H25N3O4S3/c1-23(2)19(16-10-12-29-15-16)13-22-20(25)14-28-18-8-6-17(7-9-18)24(3)31(26,27)21-5-4-11-30-21/h4-12,15,19H,13-14H2,1-3H3,(H,22,25). The lowest BCUT2D eigenvalue weighted by Crippen LogP contribution is -2.36. The molecule has 1 amide bonds. The van der Waals surface area contributed by atoms with E-state index in [1.807, 2.05) is 19.5 Å². The van der Waals surface area contributed by atoms with Gasteiger partial charge in [0.1, 0.15) is 9.96 Å². The second-order valence-corrected chi connectivity index (χ2v) is 11.0. The van der Waals surface area contributed by atoms with Crippen LogP contribution in [0.4, 0.5) is 5.69 Å². The molecule has 3 aromatic rings. The van der Waals surface area contributed by atoms with Crippen molar-refractivity contribution >= 4 is 44.3 Å². The minimum atomic E-state index is -3.58. The topological polar surface area (TPSA) is 79.0 Å². The number of nitrogens with zero attached hydrogens (tertiary/aromatic N) is 2. The Morgan fingerprint density at radius 3 is 2.42 bits per heavy atom. The van der Waals surface area contributed by atoms with Gasteiger partial charge in [-0.15, -0.1) is 11.3 Å². The number of nitrogens with one attached hydrogen (secondary N) is 1. The van der Waals surface area contributed by atoms with Crippen molar-refractivity contribution in [3.05, 3.63) is 64.2 Å². The van der Waals surface area contributed by atoms with Crippen LogP contribution in [0.3, 0.4) is 0 Å². The van der Waals surface area contributed by atoms with Crippen LogP contribution in [0.2, 0.25) is 0 Å². The number of benzene rings is 1. The number of sulfonamides is 1. The van der Waals surface area contributed by atoms with Gasteiger partial charge in [-0.25, -0.2) is 8.42 Å². The Labute approximate surface area is 190 Å². The number of rotatable bonds is 10. The van der Waals surface area contributed by atoms with E-state index in [4.69, 9.17) is 4.74 Å². The molecular formula is C21H25N3O4S3. The highest BCUT2D eigenvalue weighted by Crippen LogP contribution is 2.26. The lowest BCUT2D eigenvalue weighted by Gasteiger charge is -2.24. The molecule has 7 nitrogen and oxygen atoms in total. The van der Waals surface area contributed by atoms with Crippen molar-refractivity contribution in [2.75, 3.05) is 38.6 Å². The first kappa shape index (κ1) is 23.3. The summed E-state index contributed by atoms with van der Waals surface area (Å²) < 4.78 is 32.3. The van der Waals surface area contributed by atoms with Crippen molar-refractivity contribution in [1.82, 2.24) is 10.2 Å². The Morgan fingerprint density at radius 2 is 1.84 bits per heavy atom. The number of likely N-dealkylation sites (N-methyl/N-ethyl adjacent to an activating group) is 1. The van der Waals surface area contributed by atoms with Gasteiger partial charge in [0, 0.05) is 13.6 Å². The molecule has 0 saturated heterocycles. The van der Waals surface area contributed by atoms with Crippen LogP contribution in [0.25, 0.3) is 0 Å². The molecule has 1 unspecified atom stereocenters. The van der Waals surface area contributed by atoms with Crippen LogP contribution in [-0.4, -0.2) is 53.5 Å². The first-order chi connectivity index (χ1) is 14.8. The van der Waals surface area contributed by atoms with E-state index in [-0.39, 0.29) is 22.8 Å². The average Bonchev–Trinajstić information content (AvgIpc) is 3.46. The molecule has 2 heterocycles. The highest BCUT2D eigenvalue weighted by molar-refractivity contribution is 7.94. The Morgan fingerprint density at radius 1 is 1.10 bits per heavy atom. The molecule has 1 N–H and O–H groups in total. The molecule has 31 heavy (non-hydrogen) atoms. The number of hydrogen-bond acceptors (Lipinski definition) is 7. The monoisotopic (exact) mass is 479 g/mol. The summed E-state index contributed by atoms with van der Waals surface area (Å²) in [5, 5.41) is 8.72. The molecule has 1 aromatic carbocycles. The third kappa shape index (κ3) is 5.85. The lowest BCUT2D eigenvalue weighted by atomic mass is 10.1. The third-order valence-corrected chi connectivity index (χ3v) is 8.58. The molecule has 0 aliphatic carbocycles. The average molecular weight is 480 g/mol. The number of ether oxygens (including phenoxy) is 1. The van der Waals surface area contributed by atoms with Crippen molar-refractivity contribution in [2.24, 2.45) is 0 Å². The number of anilines is 1. The van der Waals surface area contributed by atoms with Crippen molar-refractivity contribution in [2.45, 2.75) is 10.3 Å². The fourth-order valence-corrected chi connectivity index (χ4v) is 5.97. The maximum Gasteiger partial charge on any atom is 0.273 e. The zero-order valence-electron chi connectivity index (χ0n) is 17.5. The predicted molar refractivity (Wildman–Crippen MR) is 126 cm³/mol. The number of thiophene rings is 2. The zero-order valence-corrected chi connectivity index (χ0v) is 20.0. The van der Waals surface area contributed by atoms with Crippen LogP contribution in [0.1, 0.15) is 11.6 Å². The minimum absolute atomic E-state index is 0.0929. The summed E-state index contributed by atoms with van der Waals surface area (Å²) in [6, 6.07) is 12.0. The Bertz CT molecular complexity index is 1060. The second kappa shape index (κ2) is 10.3. The van der Waals surface area contributed by atoms with Gasteiger partial charge in [0.15, 0.2) is 6.61 Å². The van der Waals surface area contributed by atoms with E-state index in [1.165, 1.54) is 22.7 Å². The summed E-state index contributed by atoms with van der Waals surface area (Å²) in [7, 11) is 1.87. The van der Waals surface area contributed by atoms with E-state index in [9.17, 15) is 13.2 Å².